The molecule has 0 fully saturated rings. The molecule has 0 spiro atoms. The van der Waals surface area contributed by atoms with Crippen LogP contribution in [0.5, 0.6) is 0 Å². The molecular weight excluding hydrogens is 282 g/mol. The Morgan fingerprint density at radius 3 is 2.24 bits per heavy atom. The van der Waals surface area contributed by atoms with Crippen LogP contribution in [0.25, 0.3) is 0 Å². The van der Waals surface area contributed by atoms with E-state index in [2.05, 4.69) is 6.58 Å². The number of sulfonamides is 1. The van der Waals surface area contributed by atoms with Gasteiger partial charge in [-0.1, -0.05) is 54.1 Å². The number of para-hydroxylation sites is 1. The van der Waals surface area contributed by atoms with Crippen molar-refractivity contribution in [3.8, 4) is 0 Å². The van der Waals surface area contributed by atoms with E-state index in [0.29, 0.717) is 5.69 Å². The Labute approximate surface area is 126 Å². The highest BCUT2D eigenvalue weighted by molar-refractivity contribution is 7.92. The van der Waals surface area contributed by atoms with Gasteiger partial charge >= 0.3 is 0 Å². The molecule has 4 heteroatoms. The van der Waals surface area contributed by atoms with Gasteiger partial charge in [0.05, 0.1) is 18.0 Å². The van der Waals surface area contributed by atoms with Crippen molar-refractivity contribution in [3.63, 3.8) is 0 Å². The standard InChI is InChI=1S/C17H19NO2S/c1-3-13-18(17-7-5-4-6-8-17)21(19,20)14-16-11-9-15(2)10-12-16/h3-12H,1,13-14H2,2H3. The molecule has 0 aliphatic carbocycles. The van der Waals surface area contributed by atoms with Crippen molar-refractivity contribution in [3.05, 3.63) is 78.4 Å². The first-order chi connectivity index (χ1) is 10.0. The van der Waals surface area contributed by atoms with Gasteiger partial charge in [-0.15, -0.1) is 6.58 Å². The first-order valence-electron chi connectivity index (χ1n) is 6.75. The van der Waals surface area contributed by atoms with Crippen molar-refractivity contribution in [2.24, 2.45) is 0 Å². The smallest absolute Gasteiger partial charge is 0.239 e. The molecule has 0 radical (unpaired) electrons. The maximum Gasteiger partial charge on any atom is 0.239 e. The molecular formula is C17H19NO2S. The predicted octanol–water partition coefficient (Wildman–Crippen LogP) is 3.52. The van der Waals surface area contributed by atoms with Gasteiger partial charge in [0.15, 0.2) is 0 Å². The van der Waals surface area contributed by atoms with Crippen LogP contribution in [0.3, 0.4) is 0 Å². The Hall–Kier alpha value is -2.07. The first kappa shape index (κ1) is 15.3. The van der Waals surface area contributed by atoms with E-state index in [1.165, 1.54) is 4.31 Å². The van der Waals surface area contributed by atoms with Gasteiger partial charge in [-0.05, 0) is 24.6 Å². The third kappa shape index (κ3) is 3.95. The lowest BCUT2D eigenvalue weighted by atomic mass is 10.2. The molecule has 0 atom stereocenters. The molecule has 0 unspecified atom stereocenters. The van der Waals surface area contributed by atoms with Crippen LogP contribution in [0.2, 0.25) is 0 Å². The van der Waals surface area contributed by atoms with Crippen LogP contribution in [0.15, 0.2) is 67.3 Å². The zero-order valence-corrected chi connectivity index (χ0v) is 12.9. The van der Waals surface area contributed by atoms with Crippen LogP contribution in [0.4, 0.5) is 5.69 Å². The molecule has 110 valence electrons. The average molecular weight is 301 g/mol. The van der Waals surface area contributed by atoms with Gasteiger partial charge in [0, 0.05) is 0 Å². The Balaban J connectivity index is 2.30. The number of hydrogen-bond acceptors (Lipinski definition) is 2. The fourth-order valence-electron chi connectivity index (χ4n) is 2.06. The summed E-state index contributed by atoms with van der Waals surface area (Å²) in [6.45, 7) is 5.89. The second-order valence-corrected chi connectivity index (χ2v) is 6.79. The van der Waals surface area contributed by atoms with Crippen LogP contribution in [0.1, 0.15) is 11.1 Å². The molecule has 2 aromatic carbocycles. The average Bonchev–Trinajstić information content (AvgIpc) is 2.48. The van der Waals surface area contributed by atoms with Crippen molar-refractivity contribution in [2.75, 3.05) is 10.8 Å². The summed E-state index contributed by atoms with van der Waals surface area (Å²) < 4.78 is 26.7. The van der Waals surface area contributed by atoms with E-state index in [1.807, 2.05) is 49.4 Å². The van der Waals surface area contributed by atoms with Crippen molar-refractivity contribution >= 4 is 15.7 Å². The van der Waals surface area contributed by atoms with Crippen molar-refractivity contribution in [2.45, 2.75) is 12.7 Å². The number of anilines is 1. The van der Waals surface area contributed by atoms with Crippen molar-refractivity contribution < 1.29 is 8.42 Å². The summed E-state index contributed by atoms with van der Waals surface area (Å²) in [4.78, 5) is 0. The minimum absolute atomic E-state index is 0.0178. The van der Waals surface area contributed by atoms with Crippen molar-refractivity contribution in [1.82, 2.24) is 0 Å². The zero-order valence-electron chi connectivity index (χ0n) is 12.1. The van der Waals surface area contributed by atoms with Crippen LogP contribution in [-0.4, -0.2) is 15.0 Å². The summed E-state index contributed by atoms with van der Waals surface area (Å²) >= 11 is 0. The molecule has 21 heavy (non-hydrogen) atoms. The quantitative estimate of drug-likeness (QED) is 0.766. The Morgan fingerprint density at radius 2 is 1.67 bits per heavy atom. The van der Waals surface area contributed by atoms with E-state index in [1.54, 1.807) is 18.2 Å². The highest BCUT2D eigenvalue weighted by Gasteiger charge is 2.21. The third-order valence-corrected chi connectivity index (χ3v) is 4.87. The number of nitrogens with zero attached hydrogens (tertiary/aromatic N) is 1. The summed E-state index contributed by atoms with van der Waals surface area (Å²) in [7, 11) is -3.44. The van der Waals surface area contributed by atoms with Crippen LogP contribution in [-0.2, 0) is 15.8 Å². The summed E-state index contributed by atoms with van der Waals surface area (Å²) in [6, 6.07) is 16.6. The van der Waals surface area contributed by atoms with E-state index in [-0.39, 0.29) is 12.3 Å². The fraction of sp³-hybridized carbons (Fsp3) is 0.176. The zero-order chi connectivity index (χ0) is 15.3. The molecule has 2 rings (SSSR count). The number of aryl methyl sites for hydroxylation is 1. The summed E-state index contributed by atoms with van der Waals surface area (Å²) in [5.41, 5.74) is 2.55. The second-order valence-electron chi connectivity index (χ2n) is 4.90. The van der Waals surface area contributed by atoms with E-state index >= 15 is 0 Å². The van der Waals surface area contributed by atoms with Crippen molar-refractivity contribution in [1.29, 1.82) is 0 Å². The molecule has 0 saturated heterocycles. The lowest BCUT2D eigenvalue weighted by molar-refractivity contribution is 0.592. The van der Waals surface area contributed by atoms with Crippen LogP contribution in [0, 0.1) is 6.92 Å². The maximum atomic E-state index is 12.7. The fourth-order valence-corrected chi connectivity index (χ4v) is 3.61. The van der Waals surface area contributed by atoms with E-state index < -0.39 is 10.0 Å². The molecule has 0 heterocycles. The van der Waals surface area contributed by atoms with E-state index in [0.717, 1.165) is 11.1 Å². The molecule has 0 bridgehead atoms. The SMILES string of the molecule is C=CCN(c1ccccc1)S(=O)(=O)Cc1ccc(C)cc1. The number of benzene rings is 2. The minimum Gasteiger partial charge on any atom is -0.266 e. The molecule has 0 saturated carbocycles. The largest absolute Gasteiger partial charge is 0.266 e. The molecule has 0 N–H and O–H groups in total. The van der Waals surface area contributed by atoms with Gasteiger partial charge in [0.25, 0.3) is 0 Å². The van der Waals surface area contributed by atoms with E-state index in [4.69, 9.17) is 0 Å². The van der Waals surface area contributed by atoms with E-state index in [9.17, 15) is 8.42 Å². The highest BCUT2D eigenvalue weighted by Crippen LogP contribution is 2.20. The first-order valence-corrected chi connectivity index (χ1v) is 8.36. The molecule has 0 aliphatic rings. The maximum absolute atomic E-state index is 12.7. The second kappa shape index (κ2) is 6.59. The van der Waals surface area contributed by atoms with Gasteiger partial charge < -0.3 is 0 Å². The van der Waals surface area contributed by atoms with Gasteiger partial charge in [-0.2, -0.15) is 0 Å². The molecule has 0 aliphatic heterocycles. The Bertz CT molecular complexity index is 691. The number of rotatable bonds is 6. The monoisotopic (exact) mass is 301 g/mol. The van der Waals surface area contributed by atoms with Gasteiger partial charge in [0.2, 0.25) is 10.0 Å². The topological polar surface area (TPSA) is 37.4 Å². The predicted molar refractivity (Wildman–Crippen MR) is 87.8 cm³/mol. The van der Waals surface area contributed by atoms with Gasteiger partial charge in [-0.25, -0.2) is 8.42 Å². The molecule has 2 aromatic rings. The minimum atomic E-state index is -3.44. The third-order valence-electron chi connectivity index (χ3n) is 3.14. The molecule has 0 aromatic heterocycles. The van der Waals surface area contributed by atoms with Gasteiger partial charge in [0.1, 0.15) is 0 Å². The van der Waals surface area contributed by atoms with Crippen LogP contribution >= 0.6 is 0 Å². The summed E-state index contributed by atoms with van der Waals surface area (Å²) in [5.74, 6) is -0.0178. The Kier molecular flexibility index (Phi) is 4.81. The van der Waals surface area contributed by atoms with Gasteiger partial charge in [-0.3, -0.25) is 4.31 Å². The molecule has 0 amide bonds. The number of hydrogen-bond donors (Lipinski definition) is 0. The summed E-state index contributed by atoms with van der Waals surface area (Å²) in [5, 5.41) is 0. The van der Waals surface area contributed by atoms with Crippen LogP contribution < -0.4 is 4.31 Å². The Morgan fingerprint density at radius 1 is 1.05 bits per heavy atom. The lowest BCUT2D eigenvalue weighted by Crippen LogP contribution is -2.32. The summed E-state index contributed by atoms with van der Waals surface area (Å²) in [6.07, 6.45) is 1.60. The molecule has 3 nitrogen and oxygen atoms in total. The lowest BCUT2D eigenvalue weighted by Gasteiger charge is -2.23. The normalized spacial score (nSPS) is 11.1. The highest BCUT2D eigenvalue weighted by atomic mass is 32.2.